The standard InChI is InChI=1S/C31H26N2O2/c34-31(35-19-29-27-11-3-1-9-25(27)26-10-2-4-12-28(26)29)33-22-14-15-23(33)18-21(17-22)24-13-5-7-20-8-6-16-32-30(20)24/h1-13,16-17,22-23,29H,14-15,18-19H2. The molecule has 2 aliphatic heterocycles. The lowest BCUT2D eigenvalue weighted by molar-refractivity contribution is 0.0867. The van der Waals surface area contributed by atoms with Gasteiger partial charge in [-0.3, -0.25) is 9.88 Å². The van der Waals surface area contributed by atoms with Crippen molar-refractivity contribution in [1.29, 1.82) is 0 Å². The second-order valence-electron chi connectivity index (χ2n) is 9.79. The van der Waals surface area contributed by atoms with Crippen molar-refractivity contribution < 1.29 is 9.53 Å². The number of carbonyl (C=O) groups excluding carboxylic acids is 1. The normalized spacial score (nSPS) is 20.5. The van der Waals surface area contributed by atoms with Crippen molar-refractivity contribution >= 4 is 22.6 Å². The number of carbonyl (C=O) groups is 1. The molecule has 7 rings (SSSR count). The quantitative estimate of drug-likeness (QED) is 0.339. The van der Waals surface area contributed by atoms with Crippen molar-refractivity contribution in [2.24, 2.45) is 0 Å². The summed E-state index contributed by atoms with van der Waals surface area (Å²) >= 11 is 0. The Morgan fingerprint density at radius 1 is 0.857 bits per heavy atom. The molecule has 0 saturated carbocycles. The van der Waals surface area contributed by atoms with Gasteiger partial charge in [0.1, 0.15) is 6.61 Å². The van der Waals surface area contributed by atoms with Crippen LogP contribution < -0.4 is 0 Å². The Bertz CT molecular complexity index is 1440. The SMILES string of the molecule is O=C(OCC1c2ccccc2-c2ccccc21)N1C2C=C(c3cccc4cccnc34)CC1CC2. The molecule has 4 nitrogen and oxygen atoms in total. The van der Waals surface area contributed by atoms with Crippen LogP contribution in [-0.2, 0) is 4.74 Å². The second kappa shape index (κ2) is 8.09. The van der Waals surface area contributed by atoms with Gasteiger partial charge in [-0.2, -0.15) is 0 Å². The molecule has 2 unspecified atom stereocenters. The van der Waals surface area contributed by atoms with Gasteiger partial charge in [-0.1, -0.05) is 78.9 Å². The molecule has 1 saturated heterocycles. The Labute approximate surface area is 204 Å². The number of para-hydroxylation sites is 1. The van der Waals surface area contributed by atoms with Gasteiger partial charge in [-0.15, -0.1) is 0 Å². The van der Waals surface area contributed by atoms with E-state index in [1.54, 1.807) is 0 Å². The number of nitrogens with zero attached hydrogens (tertiary/aromatic N) is 2. The molecule has 1 aliphatic carbocycles. The Morgan fingerprint density at radius 3 is 2.34 bits per heavy atom. The summed E-state index contributed by atoms with van der Waals surface area (Å²) in [6, 6.07) is 27.6. The molecule has 35 heavy (non-hydrogen) atoms. The zero-order valence-electron chi connectivity index (χ0n) is 19.4. The number of benzene rings is 3. The molecule has 0 N–H and O–H groups in total. The summed E-state index contributed by atoms with van der Waals surface area (Å²) in [5.74, 6) is 0.0849. The number of rotatable bonds is 3. The van der Waals surface area contributed by atoms with Gasteiger partial charge in [0.2, 0.25) is 0 Å². The van der Waals surface area contributed by atoms with Crippen LogP contribution in [0.4, 0.5) is 4.79 Å². The third-order valence-electron chi connectivity index (χ3n) is 7.92. The van der Waals surface area contributed by atoms with E-state index in [1.807, 2.05) is 17.2 Å². The van der Waals surface area contributed by atoms with Gasteiger partial charge >= 0.3 is 6.09 Å². The first kappa shape index (κ1) is 20.5. The van der Waals surface area contributed by atoms with Gasteiger partial charge in [0, 0.05) is 29.1 Å². The van der Waals surface area contributed by atoms with E-state index in [4.69, 9.17) is 4.74 Å². The Hall–Kier alpha value is -3.92. The van der Waals surface area contributed by atoms with Crippen LogP contribution in [0.15, 0.2) is 91.1 Å². The number of amides is 1. The predicted octanol–water partition coefficient (Wildman–Crippen LogP) is 6.80. The first-order valence-electron chi connectivity index (χ1n) is 12.5. The number of aromatic nitrogens is 1. The summed E-state index contributed by atoms with van der Waals surface area (Å²) in [5.41, 5.74) is 8.51. The highest BCUT2D eigenvalue weighted by Gasteiger charge is 2.41. The van der Waals surface area contributed by atoms with E-state index >= 15 is 0 Å². The monoisotopic (exact) mass is 458 g/mol. The maximum Gasteiger partial charge on any atom is 0.410 e. The van der Waals surface area contributed by atoms with E-state index in [0.717, 1.165) is 30.2 Å². The Balaban J connectivity index is 1.13. The van der Waals surface area contributed by atoms with Crippen LogP contribution in [0.25, 0.3) is 27.6 Å². The number of pyridine rings is 1. The molecule has 0 radical (unpaired) electrons. The van der Waals surface area contributed by atoms with Crippen molar-refractivity contribution in [2.75, 3.05) is 6.61 Å². The van der Waals surface area contributed by atoms with Gasteiger partial charge in [-0.25, -0.2) is 4.79 Å². The molecule has 172 valence electrons. The van der Waals surface area contributed by atoms with E-state index in [0.29, 0.717) is 6.61 Å². The maximum absolute atomic E-state index is 13.4. The third-order valence-corrected chi connectivity index (χ3v) is 7.92. The van der Waals surface area contributed by atoms with Crippen LogP contribution >= 0.6 is 0 Å². The first-order valence-corrected chi connectivity index (χ1v) is 12.5. The lowest BCUT2D eigenvalue weighted by Gasteiger charge is -2.33. The van der Waals surface area contributed by atoms with Crippen LogP contribution in [0.5, 0.6) is 0 Å². The summed E-state index contributed by atoms with van der Waals surface area (Å²) in [7, 11) is 0. The molecule has 3 aliphatic rings. The highest BCUT2D eigenvalue weighted by Crippen LogP contribution is 2.45. The fourth-order valence-corrected chi connectivity index (χ4v) is 6.35. The van der Waals surface area contributed by atoms with E-state index in [2.05, 4.69) is 83.9 Å². The zero-order valence-corrected chi connectivity index (χ0v) is 19.4. The number of hydrogen-bond donors (Lipinski definition) is 0. The predicted molar refractivity (Wildman–Crippen MR) is 138 cm³/mol. The van der Waals surface area contributed by atoms with Gasteiger partial charge in [0.15, 0.2) is 0 Å². The van der Waals surface area contributed by atoms with Crippen molar-refractivity contribution in [3.05, 3.63) is 108 Å². The molecule has 1 aromatic heterocycles. The summed E-state index contributed by atoms with van der Waals surface area (Å²) < 4.78 is 6.02. The van der Waals surface area contributed by atoms with Crippen LogP contribution in [0.1, 0.15) is 41.9 Å². The van der Waals surface area contributed by atoms with Crippen molar-refractivity contribution in [3.63, 3.8) is 0 Å². The fourth-order valence-electron chi connectivity index (χ4n) is 6.35. The average molecular weight is 459 g/mol. The zero-order chi connectivity index (χ0) is 23.4. The molecule has 1 amide bonds. The van der Waals surface area contributed by atoms with Crippen LogP contribution in [0.2, 0.25) is 0 Å². The molecule has 4 aromatic rings. The Kier molecular flexibility index (Phi) is 4.73. The van der Waals surface area contributed by atoms with Gasteiger partial charge in [-0.05, 0) is 53.2 Å². The minimum absolute atomic E-state index is 0.0818. The highest BCUT2D eigenvalue weighted by atomic mass is 16.6. The smallest absolute Gasteiger partial charge is 0.410 e. The maximum atomic E-state index is 13.4. The lowest BCUT2D eigenvalue weighted by atomic mass is 9.93. The minimum Gasteiger partial charge on any atom is -0.448 e. The largest absolute Gasteiger partial charge is 0.448 e. The van der Waals surface area contributed by atoms with E-state index in [9.17, 15) is 4.79 Å². The average Bonchev–Trinajstić information content (AvgIpc) is 3.37. The van der Waals surface area contributed by atoms with Crippen LogP contribution in [0, 0.1) is 0 Å². The van der Waals surface area contributed by atoms with Crippen LogP contribution in [-0.4, -0.2) is 34.7 Å². The molecule has 2 atom stereocenters. The first-order chi connectivity index (χ1) is 17.3. The fraction of sp³-hybridized carbons (Fsp3) is 0.226. The molecule has 3 aromatic carbocycles. The number of ether oxygens (including phenoxy) is 1. The third kappa shape index (κ3) is 3.28. The van der Waals surface area contributed by atoms with Gasteiger partial charge < -0.3 is 4.74 Å². The highest BCUT2D eigenvalue weighted by molar-refractivity contribution is 5.91. The van der Waals surface area contributed by atoms with E-state index < -0.39 is 0 Å². The van der Waals surface area contributed by atoms with Crippen molar-refractivity contribution in [1.82, 2.24) is 9.88 Å². The molecular weight excluding hydrogens is 432 g/mol. The lowest BCUT2D eigenvalue weighted by Crippen LogP contribution is -2.43. The number of fused-ring (bicyclic) bond motifs is 6. The van der Waals surface area contributed by atoms with Crippen molar-refractivity contribution in [3.8, 4) is 11.1 Å². The van der Waals surface area contributed by atoms with Crippen LogP contribution in [0.3, 0.4) is 0 Å². The summed E-state index contributed by atoms with van der Waals surface area (Å²) in [5, 5.41) is 1.15. The van der Waals surface area contributed by atoms with E-state index in [-0.39, 0.29) is 24.1 Å². The molecule has 3 heterocycles. The topological polar surface area (TPSA) is 42.4 Å². The van der Waals surface area contributed by atoms with Gasteiger partial charge in [0.05, 0.1) is 11.6 Å². The molecule has 0 spiro atoms. The molecule has 4 heteroatoms. The molecule has 1 fully saturated rings. The minimum atomic E-state index is -0.189. The molecule has 2 bridgehead atoms. The number of hydrogen-bond acceptors (Lipinski definition) is 3. The Morgan fingerprint density at radius 2 is 1.57 bits per heavy atom. The van der Waals surface area contributed by atoms with E-state index in [1.165, 1.54) is 33.4 Å². The van der Waals surface area contributed by atoms with Crippen molar-refractivity contribution in [2.45, 2.75) is 37.3 Å². The van der Waals surface area contributed by atoms with Gasteiger partial charge in [0.25, 0.3) is 0 Å². The summed E-state index contributed by atoms with van der Waals surface area (Å²) in [6.07, 6.45) is 6.77. The second-order valence-corrected chi connectivity index (χ2v) is 9.79. The summed E-state index contributed by atoms with van der Waals surface area (Å²) in [4.78, 5) is 20.0. The summed E-state index contributed by atoms with van der Waals surface area (Å²) in [6.45, 7) is 0.368. The molecular formula is C31H26N2O2.